The minimum atomic E-state index is -1.05. The van der Waals surface area contributed by atoms with Crippen LogP contribution in [0.1, 0.15) is 37.7 Å². The van der Waals surface area contributed by atoms with Crippen LogP contribution in [-0.4, -0.2) is 82.7 Å². The number of rotatable bonds is 4. The van der Waals surface area contributed by atoms with E-state index in [0.717, 1.165) is 25.1 Å². The number of nitrogens with zero attached hydrogens (tertiary/aromatic N) is 3. The quantitative estimate of drug-likeness (QED) is 0.840. The fourth-order valence-corrected chi connectivity index (χ4v) is 4.62. The molecule has 29 heavy (non-hydrogen) atoms. The van der Waals surface area contributed by atoms with Gasteiger partial charge < -0.3 is 14.7 Å². The number of benzene rings is 1. The molecule has 3 aliphatic rings. The number of hydrogen-bond donors (Lipinski definition) is 1. The van der Waals surface area contributed by atoms with Crippen LogP contribution in [0.25, 0.3) is 0 Å². The zero-order valence-corrected chi connectivity index (χ0v) is 17.1. The summed E-state index contributed by atoms with van der Waals surface area (Å²) in [7, 11) is 0. The van der Waals surface area contributed by atoms with Gasteiger partial charge in [0, 0.05) is 38.6 Å². The Morgan fingerprint density at radius 2 is 1.79 bits per heavy atom. The Morgan fingerprint density at radius 3 is 2.45 bits per heavy atom. The zero-order valence-electron chi connectivity index (χ0n) is 17.1. The first-order chi connectivity index (χ1) is 14.0. The lowest BCUT2D eigenvalue weighted by Crippen LogP contribution is -2.49. The van der Waals surface area contributed by atoms with E-state index in [1.165, 1.54) is 24.2 Å². The molecule has 1 aliphatic carbocycles. The minimum Gasteiger partial charge on any atom is -0.488 e. The van der Waals surface area contributed by atoms with Crippen LogP contribution in [0.4, 0.5) is 4.79 Å². The molecule has 0 aromatic heterocycles. The highest BCUT2D eigenvalue weighted by Crippen LogP contribution is 2.27. The summed E-state index contributed by atoms with van der Waals surface area (Å²) >= 11 is 0. The van der Waals surface area contributed by atoms with Gasteiger partial charge in [-0.15, -0.1) is 0 Å². The first-order valence-corrected chi connectivity index (χ1v) is 10.8. The second kappa shape index (κ2) is 8.61. The van der Waals surface area contributed by atoms with Crippen molar-refractivity contribution in [3.05, 3.63) is 29.8 Å². The van der Waals surface area contributed by atoms with Crippen LogP contribution in [0, 0.1) is 6.92 Å². The fourth-order valence-electron chi connectivity index (χ4n) is 4.62. The van der Waals surface area contributed by atoms with Crippen molar-refractivity contribution in [2.24, 2.45) is 0 Å². The molecule has 2 aliphatic heterocycles. The SMILES string of the molecule is Cc1ccc(O[C@H]2C[C@H](C(=O)N3CCCN(C4CCC4)CC3)N(C(=O)O)C2)cc1. The van der Waals surface area contributed by atoms with Gasteiger partial charge in [-0.05, 0) is 38.3 Å². The molecule has 1 N–H and O–H groups in total. The third kappa shape index (κ3) is 4.50. The zero-order chi connectivity index (χ0) is 20.4. The molecule has 7 heteroatoms. The van der Waals surface area contributed by atoms with Crippen molar-refractivity contribution >= 4 is 12.0 Å². The van der Waals surface area contributed by atoms with Gasteiger partial charge in [-0.1, -0.05) is 24.1 Å². The van der Waals surface area contributed by atoms with Crippen molar-refractivity contribution in [1.82, 2.24) is 14.7 Å². The summed E-state index contributed by atoms with van der Waals surface area (Å²) in [4.78, 5) is 30.6. The van der Waals surface area contributed by atoms with Crippen LogP contribution in [-0.2, 0) is 4.79 Å². The molecule has 4 rings (SSSR count). The topological polar surface area (TPSA) is 73.3 Å². The molecular formula is C22H31N3O4. The van der Waals surface area contributed by atoms with Gasteiger partial charge in [-0.2, -0.15) is 0 Å². The van der Waals surface area contributed by atoms with E-state index in [4.69, 9.17) is 4.74 Å². The van der Waals surface area contributed by atoms with Crippen molar-refractivity contribution < 1.29 is 19.4 Å². The Bertz CT molecular complexity index is 734. The van der Waals surface area contributed by atoms with E-state index in [-0.39, 0.29) is 18.6 Å². The minimum absolute atomic E-state index is 0.0714. The summed E-state index contributed by atoms with van der Waals surface area (Å²) in [6.07, 6.45) is 3.84. The van der Waals surface area contributed by atoms with Crippen LogP contribution in [0.3, 0.4) is 0 Å². The van der Waals surface area contributed by atoms with E-state index in [0.29, 0.717) is 31.3 Å². The third-order valence-electron chi connectivity index (χ3n) is 6.55. The Morgan fingerprint density at radius 1 is 1.03 bits per heavy atom. The van der Waals surface area contributed by atoms with Gasteiger partial charge in [-0.25, -0.2) is 4.79 Å². The normalized spacial score (nSPS) is 26.1. The van der Waals surface area contributed by atoms with Crippen LogP contribution >= 0.6 is 0 Å². The van der Waals surface area contributed by atoms with Gasteiger partial charge in [0.15, 0.2) is 0 Å². The molecule has 0 bridgehead atoms. The highest BCUT2D eigenvalue weighted by Gasteiger charge is 2.43. The number of carbonyl (C=O) groups is 2. The van der Waals surface area contributed by atoms with Crippen LogP contribution in [0.15, 0.2) is 24.3 Å². The maximum Gasteiger partial charge on any atom is 0.408 e. The van der Waals surface area contributed by atoms with Gasteiger partial charge in [0.1, 0.15) is 17.9 Å². The van der Waals surface area contributed by atoms with Crippen molar-refractivity contribution in [2.75, 3.05) is 32.7 Å². The van der Waals surface area contributed by atoms with E-state index >= 15 is 0 Å². The summed E-state index contributed by atoms with van der Waals surface area (Å²) in [6, 6.07) is 7.73. The summed E-state index contributed by atoms with van der Waals surface area (Å²) in [6.45, 7) is 5.54. The maximum atomic E-state index is 13.2. The van der Waals surface area contributed by atoms with E-state index < -0.39 is 12.1 Å². The number of ether oxygens (including phenoxy) is 1. The molecule has 0 spiro atoms. The Labute approximate surface area is 172 Å². The van der Waals surface area contributed by atoms with Crippen molar-refractivity contribution in [1.29, 1.82) is 0 Å². The molecule has 0 radical (unpaired) electrons. The lowest BCUT2D eigenvalue weighted by Gasteiger charge is -2.36. The summed E-state index contributed by atoms with van der Waals surface area (Å²) in [5.41, 5.74) is 1.14. The second-order valence-electron chi connectivity index (χ2n) is 8.54. The van der Waals surface area contributed by atoms with Crippen molar-refractivity contribution in [3.63, 3.8) is 0 Å². The van der Waals surface area contributed by atoms with Gasteiger partial charge in [0.25, 0.3) is 0 Å². The highest BCUT2D eigenvalue weighted by molar-refractivity contribution is 5.86. The van der Waals surface area contributed by atoms with E-state index in [2.05, 4.69) is 4.90 Å². The molecule has 1 saturated carbocycles. The van der Waals surface area contributed by atoms with E-state index in [1.807, 2.05) is 36.1 Å². The molecule has 1 aromatic carbocycles. The average Bonchev–Trinajstić information content (AvgIpc) is 2.93. The smallest absolute Gasteiger partial charge is 0.408 e. The first-order valence-electron chi connectivity index (χ1n) is 10.8. The van der Waals surface area contributed by atoms with E-state index in [9.17, 15) is 14.7 Å². The van der Waals surface area contributed by atoms with Crippen LogP contribution < -0.4 is 4.74 Å². The highest BCUT2D eigenvalue weighted by atomic mass is 16.5. The number of carbonyl (C=O) groups excluding carboxylic acids is 1. The second-order valence-corrected chi connectivity index (χ2v) is 8.54. The predicted molar refractivity (Wildman–Crippen MR) is 109 cm³/mol. The van der Waals surface area contributed by atoms with Gasteiger partial charge >= 0.3 is 6.09 Å². The van der Waals surface area contributed by atoms with E-state index in [1.54, 1.807) is 0 Å². The Hall–Kier alpha value is -2.28. The third-order valence-corrected chi connectivity index (χ3v) is 6.55. The Kier molecular flexibility index (Phi) is 5.94. The summed E-state index contributed by atoms with van der Waals surface area (Å²) < 4.78 is 5.99. The van der Waals surface area contributed by atoms with Crippen molar-refractivity contribution in [2.45, 2.75) is 57.2 Å². The lowest BCUT2D eigenvalue weighted by atomic mass is 9.91. The molecule has 1 aromatic rings. The number of aryl methyl sites for hydroxylation is 1. The molecule has 158 valence electrons. The molecule has 2 saturated heterocycles. The first kappa shape index (κ1) is 20.0. The monoisotopic (exact) mass is 401 g/mol. The molecule has 0 unspecified atom stereocenters. The predicted octanol–water partition coefficient (Wildman–Crippen LogP) is 2.58. The van der Waals surface area contributed by atoms with Crippen LogP contribution in [0.5, 0.6) is 5.75 Å². The van der Waals surface area contributed by atoms with Gasteiger partial charge in [-0.3, -0.25) is 14.6 Å². The molecule has 7 nitrogen and oxygen atoms in total. The largest absolute Gasteiger partial charge is 0.488 e. The number of carboxylic acid groups (broad SMARTS) is 1. The number of likely N-dealkylation sites (tertiary alicyclic amines) is 1. The summed E-state index contributed by atoms with van der Waals surface area (Å²) in [5, 5.41) is 9.65. The molecular weight excluding hydrogens is 370 g/mol. The molecule has 2 heterocycles. The summed E-state index contributed by atoms with van der Waals surface area (Å²) in [5.74, 6) is 0.641. The molecule has 3 fully saturated rings. The average molecular weight is 402 g/mol. The van der Waals surface area contributed by atoms with Crippen LogP contribution in [0.2, 0.25) is 0 Å². The van der Waals surface area contributed by atoms with Crippen molar-refractivity contribution in [3.8, 4) is 5.75 Å². The van der Waals surface area contributed by atoms with Gasteiger partial charge in [0.2, 0.25) is 5.91 Å². The standard InChI is InChI=1S/C22H31N3O4/c1-16-6-8-18(9-7-16)29-19-14-20(25(15-19)22(27)28)21(26)24-11-3-10-23(12-13-24)17-4-2-5-17/h6-9,17,19-20H,2-5,10-15H2,1H3,(H,27,28)/t19-,20+/m0/s1. The molecule has 2 atom stereocenters. The number of hydrogen-bond acceptors (Lipinski definition) is 4. The van der Waals surface area contributed by atoms with Gasteiger partial charge in [0.05, 0.1) is 6.54 Å². The Balaban J connectivity index is 1.39. The number of amides is 2. The molecule has 2 amide bonds. The fraction of sp³-hybridized carbons (Fsp3) is 0.636. The lowest BCUT2D eigenvalue weighted by molar-refractivity contribution is -0.135. The maximum absolute atomic E-state index is 13.2.